The minimum Gasteiger partial charge on any atom is -0.434 e. The number of rotatable bonds is 5. The van der Waals surface area contributed by atoms with Crippen LogP contribution in [0.4, 0.5) is 11.4 Å². The number of nitro benzene ring substituents is 1. The van der Waals surface area contributed by atoms with E-state index in [1.54, 1.807) is 54.7 Å². The number of benzene rings is 2. The fourth-order valence-corrected chi connectivity index (χ4v) is 3.04. The maximum Gasteiger partial charge on any atom is 0.270 e. The van der Waals surface area contributed by atoms with Crippen molar-refractivity contribution >= 4 is 51.9 Å². The number of non-ortho nitro benzene ring substituents is 1. The maximum absolute atomic E-state index is 12.1. The van der Waals surface area contributed by atoms with E-state index in [0.29, 0.717) is 28.4 Å². The minimum absolute atomic E-state index is 0.0534. The molecule has 0 aliphatic rings. The number of anilines is 1. The normalized spacial score (nSPS) is 10.9. The number of hydrogen-bond donors (Lipinski definition) is 2. The van der Waals surface area contributed by atoms with Crippen molar-refractivity contribution in [3.63, 3.8) is 0 Å². The second kappa shape index (κ2) is 9.14. The highest BCUT2D eigenvalue weighted by Crippen LogP contribution is 2.24. The monoisotopic (exact) mass is 445 g/mol. The van der Waals surface area contributed by atoms with Crippen LogP contribution >= 0.6 is 12.2 Å². The summed E-state index contributed by atoms with van der Waals surface area (Å²) in [4.78, 5) is 30.9. The molecule has 4 rings (SSSR count). The van der Waals surface area contributed by atoms with Crippen LogP contribution in [0.2, 0.25) is 0 Å². The zero-order valence-corrected chi connectivity index (χ0v) is 17.2. The number of amides is 1. The molecule has 0 bridgehead atoms. The average molecular weight is 445 g/mol. The number of oxazole rings is 1. The van der Waals surface area contributed by atoms with Crippen LogP contribution in [0.3, 0.4) is 0 Å². The molecule has 0 atom stereocenters. The zero-order chi connectivity index (χ0) is 22.5. The Hall–Kier alpha value is -4.44. The third-order valence-electron chi connectivity index (χ3n) is 4.30. The lowest BCUT2D eigenvalue weighted by atomic mass is 10.2. The Morgan fingerprint density at radius 3 is 2.69 bits per heavy atom. The molecule has 0 unspecified atom stereocenters. The van der Waals surface area contributed by atoms with Gasteiger partial charge in [0.25, 0.3) is 5.69 Å². The lowest BCUT2D eigenvalue weighted by molar-refractivity contribution is -0.384. The molecule has 0 aliphatic heterocycles. The predicted molar refractivity (Wildman–Crippen MR) is 124 cm³/mol. The van der Waals surface area contributed by atoms with Crippen molar-refractivity contribution in [2.45, 2.75) is 0 Å². The van der Waals surface area contributed by atoms with Crippen LogP contribution < -0.4 is 10.6 Å². The van der Waals surface area contributed by atoms with Crippen LogP contribution in [-0.2, 0) is 4.79 Å². The Balaban J connectivity index is 1.35. The highest BCUT2D eigenvalue weighted by Gasteiger charge is 2.09. The molecule has 0 aliphatic carbocycles. The van der Waals surface area contributed by atoms with E-state index in [-0.39, 0.29) is 10.8 Å². The van der Waals surface area contributed by atoms with Gasteiger partial charge in [-0.2, -0.15) is 4.98 Å². The highest BCUT2D eigenvalue weighted by atomic mass is 32.1. The van der Waals surface area contributed by atoms with E-state index < -0.39 is 10.8 Å². The number of carbonyl (C=O) groups excluding carboxylic acids is 1. The number of thiocarbonyl (C=S) groups is 1. The van der Waals surface area contributed by atoms with E-state index in [1.807, 2.05) is 0 Å². The smallest absolute Gasteiger partial charge is 0.270 e. The molecule has 9 nitrogen and oxygen atoms in total. The van der Waals surface area contributed by atoms with Crippen LogP contribution in [0.1, 0.15) is 5.56 Å². The summed E-state index contributed by atoms with van der Waals surface area (Å²) < 4.78 is 5.69. The Labute approximate surface area is 187 Å². The quantitative estimate of drug-likeness (QED) is 0.201. The lowest BCUT2D eigenvalue weighted by Gasteiger charge is -2.08. The van der Waals surface area contributed by atoms with Crippen molar-refractivity contribution in [1.29, 1.82) is 0 Å². The van der Waals surface area contributed by atoms with Crippen LogP contribution in [0.25, 0.3) is 28.8 Å². The average Bonchev–Trinajstić information content (AvgIpc) is 3.22. The van der Waals surface area contributed by atoms with Gasteiger partial charge in [-0.05, 0) is 60.3 Å². The molecule has 4 aromatic rings. The Morgan fingerprint density at radius 1 is 1.12 bits per heavy atom. The Kier molecular flexibility index (Phi) is 5.95. The fourth-order valence-electron chi connectivity index (χ4n) is 2.82. The second-order valence-electron chi connectivity index (χ2n) is 6.55. The van der Waals surface area contributed by atoms with E-state index in [1.165, 1.54) is 24.3 Å². The van der Waals surface area contributed by atoms with Gasteiger partial charge >= 0.3 is 0 Å². The van der Waals surface area contributed by atoms with Gasteiger partial charge in [0.1, 0.15) is 0 Å². The van der Waals surface area contributed by atoms with Crippen molar-refractivity contribution in [2.24, 2.45) is 0 Å². The van der Waals surface area contributed by atoms with E-state index in [0.717, 1.165) is 5.56 Å². The summed E-state index contributed by atoms with van der Waals surface area (Å²) >= 11 is 5.16. The topological polar surface area (TPSA) is 123 Å². The number of nitrogens with zero attached hydrogens (tertiary/aromatic N) is 3. The van der Waals surface area contributed by atoms with Crippen molar-refractivity contribution < 1.29 is 14.1 Å². The zero-order valence-electron chi connectivity index (χ0n) is 16.4. The molecule has 2 aromatic carbocycles. The molecule has 0 fully saturated rings. The standard InChI is InChI=1S/C22H15N5O4S/c28-19(11-6-14-3-1-4-17(13-14)27(29)30)25-22(32)24-16-9-7-15(8-10-16)21-26-20-18(31-21)5-2-12-23-20/h1-13H,(H2,24,25,28,32). The van der Waals surface area contributed by atoms with E-state index in [9.17, 15) is 14.9 Å². The van der Waals surface area contributed by atoms with E-state index in [4.69, 9.17) is 16.6 Å². The molecule has 1 amide bonds. The number of aromatic nitrogens is 2. The SMILES string of the molecule is O=C(C=Cc1cccc([N+](=O)[O-])c1)NC(=S)Nc1ccc(-c2nc3ncccc3o2)cc1. The van der Waals surface area contributed by atoms with Crippen LogP contribution in [-0.4, -0.2) is 25.9 Å². The number of nitro groups is 1. The van der Waals surface area contributed by atoms with Gasteiger partial charge in [0.15, 0.2) is 16.3 Å². The summed E-state index contributed by atoms with van der Waals surface area (Å²) in [6, 6.07) is 16.7. The summed E-state index contributed by atoms with van der Waals surface area (Å²) in [5.41, 5.74) is 3.04. The number of nitrogens with one attached hydrogen (secondary N) is 2. The molecular weight excluding hydrogens is 430 g/mol. The van der Waals surface area contributed by atoms with Crippen molar-refractivity contribution in [1.82, 2.24) is 15.3 Å². The largest absolute Gasteiger partial charge is 0.434 e. The minimum atomic E-state index is -0.497. The Morgan fingerprint density at radius 2 is 1.94 bits per heavy atom. The number of fused-ring (bicyclic) bond motifs is 1. The first kappa shape index (κ1) is 20.8. The van der Waals surface area contributed by atoms with Gasteiger partial charge in [-0.15, -0.1) is 0 Å². The summed E-state index contributed by atoms with van der Waals surface area (Å²) in [7, 11) is 0. The van der Waals surface area contributed by atoms with Crippen LogP contribution in [0.5, 0.6) is 0 Å². The molecular formula is C22H15N5O4S. The molecule has 2 heterocycles. The second-order valence-corrected chi connectivity index (χ2v) is 6.96. The molecule has 158 valence electrons. The van der Waals surface area contributed by atoms with Gasteiger partial charge in [-0.1, -0.05) is 12.1 Å². The number of carbonyl (C=O) groups is 1. The van der Waals surface area contributed by atoms with Crippen LogP contribution in [0, 0.1) is 10.1 Å². The van der Waals surface area contributed by atoms with Crippen molar-refractivity contribution in [3.8, 4) is 11.5 Å². The van der Waals surface area contributed by atoms with Gasteiger partial charge in [-0.25, -0.2) is 4.98 Å². The molecule has 0 saturated carbocycles. The summed E-state index contributed by atoms with van der Waals surface area (Å²) in [6.45, 7) is 0. The van der Waals surface area contributed by atoms with Gasteiger partial charge in [0, 0.05) is 35.7 Å². The number of hydrogen-bond acceptors (Lipinski definition) is 7. The van der Waals surface area contributed by atoms with Gasteiger partial charge in [0.2, 0.25) is 11.8 Å². The van der Waals surface area contributed by atoms with Gasteiger partial charge in [0.05, 0.1) is 4.92 Å². The maximum atomic E-state index is 12.1. The van der Waals surface area contributed by atoms with Gasteiger partial charge < -0.3 is 9.73 Å². The third-order valence-corrected chi connectivity index (χ3v) is 4.50. The fraction of sp³-hybridized carbons (Fsp3) is 0. The lowest BCUT2D eigenvalue weighted by Crippen LogP contribution is -2.32. The van der Waals surface area contributed by atoms with E-state index >= 15 is 0 Å². The summed E-state index contributed by atoms with van der Waals surface area (Å²) in [5.74, 6) is -0.0167. The Bertz CT molecular complexity index is 1310. The van der Waals surface area contributed by atoms with Crippen molar-refractivity contribution in [2.75, 3.05) is 5.32 Å². The summed E-state index contributed by atoms with van der Waals surface area (Å²) in [6.07, 6.45) is 4.36. The molecule has 10 heteroatoms. The third kappa shape index (κ3) is 4.99. The molecule has 0 spiro atoms. The first-order valence-corrected chi connectivity index (χ1v) is 9.75. The molecule has 2 N–H and O–H groups in total. The molecule has 2 aromatic heterocycles. The first-order valence-electron chi connectivity index (χ1n) is 9.34. The number of pyridine rings is 1. The van der Waals surface area contributed by atoms with Gasteiger partial charge in [-0.3, -0.25) is 20.2 Å². The molecule has 32 heavy (non-hydrogen) atoms. The van der Waals surface area contributed by atoms with E-state index in [2.05, 4.69) is 20.6 Å². The van der Waals surface area contributed by atoms with Crippen LogP contribution in [0.15, 0.2) is 77.4 Å². The van der Waals surface area contributed by atoms with Crippen molar-refractivity contribution in [3.05, 3.63) is 88.6 Å². The summed E-state index contributed by atoms with van der Waals surface area (Å²) in [5, 5.41) is 16.4. The first-order chi connectivity index (χ1) is 15.5. The highest BCUT2D eigenvalue weighted by molar-refractivity contribution is 7.80. The predicted octanol–water partition coefficient (Wildman–Crippen LogP) is 4.32. The molecule has 0 radical (unpaired) electrons. The molecule has 0 saturated heterocycles.